The van der Waals surface area contributed by atoms with Gasteiger partial charge in [-0.25, -0.2) is 0 Å². The second kappa shape index (κ2) is 6.66. The Balaban J connectivity index is 1.70. The van der Waals surface area contributed by atoms with E-state index < -0.39 is 11.4 Å². The summed E-state index contributed by atoms with van der Waals surface area (Å²) in [5.74, 6) is 0.387. The van der Waals surface area contributed by atoms with Gasteiger partial charge in [-0.1, -0.05) is 12.5 Å². The Morgan fingerprint density at radius 1 is 1.25 bits per heavy atom. The monoisotopic (exact) mass is 292 g/mol. The van der Waals surface area contributed by atoms with Gasteiger partial charge in [-0.3, -0.25) is 4.79 Å². The van der Waals surface area contributed by atoms with E-state index >= 15 is 0 Å². The molecule has 110 valence electrons. The number of hydrogen-bond acceptors (Lipinski definition) is 2. The fraction of sp³-hybridized carbons (Fsp3) is 0.588. The molecule has 0 amide bonds. The highest BCUT2D eigenvalue weighted by atomic mass is 32.2. The Morgan fingerprint density at radius 2 is 2.00 bits per heavy atom. The van der Waals surface area contributed by atoms with Crippen molar-refractivity contribution in [3.8, 4) is 0 Å². The van der Waals surface area contributed by atoms with Crippen molar-refractivity contribution >= 4 is 17.7 Å². The topological polar surface area (TPSA) is 37.3 Å². The van der Waals surface area contributed by atoms with Gasteiger partial charge < -0.3 is 5.11 Å². The minimum absolute atomic E-state index is 0.585. The number of fused-ring (bicyclic) bond motifs is 1. The van der Waals surface area contributed by atoms with Gasteiger partial charge in [0, 0.05) is 4.90 Å². The Hall–Kier alpha value is -0.960. The summed E-state index contributed by atoms with van der Waals surface area (Å²) in [5, 5.41) is 9.06. The minimum atomic E-state index is -0.691. The van der Waals surface area contributed by atoms with Crippen molar-refractivity contribution < 1.29 is 9.90 Å². The summed E-state index contributed by atoms with van der Waals surface area (Å²) < 4.78 is 0. The molecular formula is C17H24O2S. The third-order valence-corrected chi connectivity index (χ3v) is 5.19. The summed E-state index contributed by atoms with van der Waals surface area (Å²) in [6, 6.07) is 6.85. The Kier molecular flexibility index (Phi) is 5.14. The first-order valence-corrected chi connectivity index (χ1v) is 8.45. The molecule has 1 aromatic carbocycles. The van der Waals surface area contributed by atoms with Crippen LogP contribution in [0.25, 0.3) is 0 Å². The van der Waals surface area contributed by atoms with Crippen molar-refractivity contribution in [3.05, 3.63) is 29.3 Å². The standard InChI is InChI=1S/C17H24O2S/c1-17(2,16(18)19)10-3-4-11-20-15-9-8-13-6-5-7-14(13)12-15/h8-9,12H,3-7,10-11H2,1-2H3,(H,18,19). The van der Waals surface area contributed by atoms with E-state index in [2.05, 4.69) is 18.2 Å². The van der Waals surface area contributed by atoms with E-state index in [9.17, 15) is 4.79 Å². The summed E-state index contributed by atoms with van der Waals surface area (Å²) in [6.07, 6.45) is 6.59. The molecule has 0 spiro atoms. The number of thioether (sulfide) groups is 1. The summed E-state index contributed by atoms with van der Waals surface area (Å²) in [6.45, 7) is 3.62. The maximum Gasteiger partial charge on any atom is 0.309 e. The first-order valence-electron chi connectivity index (χ1n) is 7.47. The summed E-state index contributed by atoms with van der Waals surface area (Å²) in [4.78, 5) is 12.4. The average molecular weight is 292 g/mol. The highest BCUT2D eigenvalue weighted by Crippen LogP contribution is 2.29. The van der Waals surface area contributed by atoms with Gasteiger partial charge in [0.2, 0.25) is 0 Å². The normalized spacial score (nSPS) is 14.3. The van der Waals surface area contributed by atoms with Crippen LogP contribution in [0.2, 0.25) is 0 Å². The Labute approximate surface area is 126 Å². The molecule has 0 atom stereocenters. The van der Waals surface area contributed by atoms with Crippen LogP contribution in [-0.2, 0) is 17.6 Å². The van der Waals surface area contributed by atoms with Gasteiger partial charge in [0.15, 0.2) is 0 Å². The van der Waals surface area contributed by atoms with Crippen LogP contribution in [0.4, 0.5) is 0 Å². The van der Waals surface area contributed by atoms with E-state index in [1.165, 1.54) is 35.3 Å². The van der Waals surface area contributed by atoms with Gasteiger partial charge >= 0.3 is 5.97 Å². The molecule has 0 fully saturated rings. The Morgan fingerprint density at radius 3 is 2.75 bits per heavy atom. The molecule has 1 aromatic rings. The molecule has 0 saturated heterocycles. The Bertz CT molecular complexity index is 480. The maximum absolute atomic E-state index is 11.0. The largest absolute Gasteiger partial charge is 0.481 e. The van der Waals surface area contributed by atoms with Crippen LogP contribution in [0.15, 0.2) is 23.1 Å². The van der Waals surface area contributed by atoms with Crippen LogP contribution >= 0.6 is 11.8 Å². The molecule has 3 heteroatoms. The molecule has 0 unspecified atom stereocenters. The molecule has 0 bridgehead atoms. The fourth-order valence-electron chi connectivity index (χ4n) is 2.60. The molecule has 1 N–H and O–H groups in total. The second-order valence-electron chi connectivity index (χ2n) is 6.28. The number of hydrogen-bond donors (Lipinski definition) is 1. The van der Waals surface area contributed by atoms with Crippen LogP contribution in [0, 0.1) is 5.41 Å². The third kappa shape index (κ3) is 4.02. The number of benzene rings is 1. The van der Waals surface area contributed by atoms with E-state index in [1.807, 2.05) is 25.6 Å². The first kappa shape index (κ1) is 15.4. The summed E-state index contributed by atoms with van der Waals surface area (Å²) >= 11 is 1.90. The van der Waals surface area contributed by atoms with E-state index in [0.29, 0.717) is 0 Å². The number of rotatable bonds is 7. The molecule has 20 heavy (non-hydrogen) atoms. The molecule has 2 rings (SSSR count). The molecule has 0 radical (unpaired) electrons. The lowest BCUT2D eigenvalue weighted by Gasteiger charge is -2.18. The highest BCUT2D eigenvalue weighted by molar-refractivity contribution is 7.99. The molecule has 2 nitrogen and oxygen atoms in total. The van der Waals surface area contributed by atoms with Gasteiger partial charge in [-0.15, -0.1) is 11.8 Å². The third-order valence-electron chi connectivity index (χ3n) is 4.11. The predicted octanol–water partition coefficient (Wildman–Crippen LogP) is 4.55. The lowest BCUT2D eigenvalue weighted by atomic mass is 9.88. The van der Waals surface area contributed by atoms with Crippen molar-refractivity contribution in [3.63, 3.8) is 0 Å². The summed E-state index contributed by atoms with van der Waals surface area (Å²) in [7, 11) is 0. The van der Waals surface area contributed by atoms with Gasteiger partial charge in [0.25, 0.3) is 0 Å². The lowest BCUT2D eigenvalue weighted by Crippen LogP contribution is -2.23. The van der Waals surface area contributed by atoms with Crippen molar-refractivity contribution in [2.24, 2.45) is 5.41 Å². The molecule has 1 aliphatic carbocycles. The van der Waals surface area contributed by atoms with Crippen molar-refractivity contribution in [1.29, 1.82) is 0 Å². The fourth-order valence-corrected chi connectivity index (χ4v) is 3.58. The van der Waals surface area contributed by atoms with E-state index in [0.717, 1.165) is 25.0 Å². The SMILES string of the molecule is CC(C)(CCCCSc1ccc2c(c1)CCC2)C(=O)O. The van der Waals surface area contributed by atoms with Gasteiger partial charge in [0.1, 0.15) is 0 Å². The number of carboxylic acids is 1. The zero-order chi connectivity index (χ0) is 14.6. The zero-order valence-corrected chi connectivity index (χ0v) is 13.3. The number of aryl methyl sites for hydroxylation is 2. The molecule has 0 aliphatic heterocycles. The van der Waals surface area contributed by atoms with Crippen LogP contribution in [-0.4, -0.2) is 16.8 Å². The van der Waals surface area contributed by atoms with Crippen LogP contribution < -0.4 is 0 Å². The molecule has 0 aromatic heterocycles. The quantitative estimate of drug-likeness (QED) is 0.592. The van der Waals surface area contributed by atoms with Crippen molar-refractivity contribution in [2.75, 3.05) is 5.75 Å². The second-order valence-corrected chi connectivity index (χ2v) is 7.45. The highest BCUT2D eigenvalue weighted by Gasteiger charge is 2.25. The smallest absolute Gasteiger partial charge is 0.309 e. The molecule has 0 saturated carbocycles. The van der Waals surface area contributed by atoms with Crippen LogP contribution in [0.1, 0.15) is 50.7 Å². The number of carboxylic acid groups (broad SMARTS) is 1. The van der Waals surface area contributed by atoms with E-state index in [-0.39, 0.29) is 0 Å². The zero-order valence-electron chi connectivity index (χ0n) is 12.4. The summed E-state index contributed by atoms with van der Waals surface area (Å²) in [5.41, 5.74) is 2.47. The van der Waals surface area contributed by atoms with Crippen LogP contribution in [0.3, 0.4) is 0 Å². The first-order chi connectivity index (χ1) is 9.49. The molecule has 0 heterocycles. The van der Waals surface area contributed by atoms with Gasteiger partial charge in [-0.2, -0.15) is 0 Å². The molecular weight excluding hydrogens is 268 g/mol. The van der Waals surface area contributed by atoms with E-state index in [4.69, 9.17) is 5.11 Å². The van der Waals surface area contributed by atoms with Crippen molar-refractivity contribution in [1.82, 2.24) is 0 Å². The number of unbranched alkanes of at least 4 members (excludes halogenated alkanes) is 1. The van der Waals surface area contributed by atoms with Crippen LogP contribution in [0.5, 0.6) is 0 Å². The maximum atomic E-state index is 11.0. The predicted molar refractivity (Wildman–Crippen MR) is 84.5 cm³/mol. The van der Waals surface area contributed by atoms with E-state index in [1.54, 1.807) is 0 Å². The minimum Gasteiger partial charge on any atom is -0.481 e. The lowest BCUT2D eigenvalue weighted by molar-refractivity contribution is -0.147. The van der Waals surface area contributed by atoms with Gasteiger partial charge in [-0.05, 0) is 75.0 Å². The van der Waals surface area contributed by atoms with Gasteiger partial charge in [0.05, 0.1) is 5.41 Å². The number of carbonyl (C=O) groups is 1. The van der Waals surface area contributed by atoms with Crippen molar-refractivity contribution in [2.45, 2.75) is 57.3 Å². The number of aliphatic carboxylic acids is 1. The molecule has 1 aliphatic rings. The average Bonchev–Trinajstić information content (AvgIpc) is 2.85.